The fourth-order valence-electron chi connectivity index (χ4n) is 4.01. The summed E-state index contributed by atoms with van der Waals surface area (Å²) in [5, 5.41) is 5.47. The molecule has 6 heteroatoms. The number of aromatic amines is 1. The highest BCUT2D eigenvalue weighted by atomic mass is 35.5. The van der Waals surface area contributed by atoms with E-state index in [1.807, 2.05) is 18.2 Å². The molecule has 5 nitrogen and oxygen atoms in total. The van der Waals surface area contributed by atoms with Crippen molar-refractivity contribution < 1.29 is 0 Å². The van der Waals surface area contributed by atoms with Gasteiger partial charge in [0.1, 0.15) is 0 Å². The second-order valence-corrected chi connectivity index (χ2v) is 7.28. The molecule has 1 unspecified atom stereocenters. The van der Waals surface area contributed by atoms with E-state index in [1.54, 1.807) is 6.33 Å². The fraction of sp³-hybridized carbons (Fsp3) is 0.400. The monoisotopic (exact) mass is 369 g/mol. The molecule has 0 fully saturated rings. The molecule has 1 aliphatic rings. The van der Waals surface area contributed by atoms with Gasteiger partial charge in [0.15, 0.2) is 0 Å². The van der Waals surface area contributed by atoms with Crippen LogP contribution in [0.2, 0.25) is 5.02 Å². The standard InChI is InChI=1S/C20H24ClN5/c1-4-26-14(3)16(13(2)24-26)11-25-10-9-18-19(23-12-22-18)20(25)15-7-5-6-8-17(15)21/h5-8,12,20H,4,9-11H2,1-3H3,(H,22,23). The SMILES string of the molecule is CCn1nc(C)c(CN2CCc3[nH]cnc3C2c2ccccc2Cl)c1C. The van der Waals surface area contributed by atoms with Gasteiger partial charge in [-0.15, -0.1) is 0 Å². The molecule has 0 radical (unpaired) electrons. The van der Waals surface area contributed by atoms with Crippen molar-refractivity contribution in [2.75, 3.05) is 6.54 Å². The average Bonchev–Trinajstić information content (AvgIpc) is 3.22. The molecule has 1 aliphatic heterocycles. The summed E-state index contributed by atoms with van der Waals surface area (Å²) in [6.45, 7) is 9.09. The summed E-state index contributed by atoms with van der Waals surface area (Å²) >= 11 is 6.57. The zero-order valence-electron chi connectivity index (χ0n) is 15.5. The maximum Gasteiger partial charge on any atom is 0.0926 e. The van der Waals surface area contributed by atoms with Crippen molar-refractivity contribution in [2.24, 2.45) is 0 Å². The van der Waals surface area contributed by atoms with Crippen LogP contribution in [0.25, 0.3) is 0 Å². The van der Waals surface area contributed by atoms with Gasteiger partial charge in [0.05, 0.1) is 23.8 Å². The molecule has 0 spiro atoms. The van der Waals surface area contributed by atoms with Gasteiger partial charge in [0.2, 0.25) is 0 Å². The van der Waals surface area contributed by atoms with Crippen molar-refractivity contribution in [2.45, 2.75) is 46.3 Å². The van der Waals surface area contributed by atoms with Gasteiger partial charge in [0.25, 0.3) is 0 Å². The lowest BCUT2D eigenvalue weighted by atomic mass is 9.95. The van der Waals surface area contributed by atoms with Crippen LogP contribution in [0.15, 0.2) is 30.6 Å². The zero-order chi connectivity index (χ0) is 18.3. The summed E-state index contributed by atoms with van der Waals surface area (Å²) < 4.78 is 2.08. The molecule has 0 aliphatic carbocycles. The molecular weight excluding hydrogens is 346 g/mol. The molecule has 3 aromatic rings. The van der Waals surface area contributed by atoms with E-state index in [2.05, 4.69) is 51.5 Å². The van der Waals surface area contributed by atoms with E-state index in [9.17, 15) is 0 Å². The Labute approximate surface area is 159 Å². The van der Waals surface area contributed by atoms with Gasteiger partial charge in [-0.2, -0.15) is 5.10 Å². The number of nitrogens with zero attached hydrogens (tertiary/aromatic N) is 4. The third-order valence-corrected chi connectivity index (χ3v) is 5.76. The lowest BCUT2D eigenvalue weighted by Gasteiger charge is -2.35. The van der Waals surface area contributed by atoms with Gasteiger partial charge in [-0.3, -0.25) is 9.58 Å². The number of fused-ring (bicyclic) bond motifs is 1. The van der Waals surface area contributed by atoms with Crippen molar-refractivity contribution in [1.29, 1.82) is 0 Å². The lowest BCUT2D eigenvalue weighted by Crippen LogP contribution is -2.36. The predicted molar refractivity (Wildman–Crippen MR) is 103 cm³/mol. The van der Waals surface area contributed by atoms with Crippen molar-refractivity contribution in [1.82, 2.24) is 24.6 Å². The van der Waals surface area contributed by atoms with Crippen LogP contribution in [0.5, 0.6) is 0 Å². The largest absolute Gasteiger partial charge is 0.348 e. The van der Waals surface area contributed by atoms with E-state index in [1.165, 1.54) is 17.0 Å². The molecule has 3 heterocycles. The van der Waals surface area contributed by atoms with Crippen LogP contribution in [0.4, 0.5) is 0 Å². The summed E-state index contributed by atoms with van der Waals surface area (Å²) in [5.74, 6) is 0. The Morgan fingerprint density at radius 3 is 2.81 bits per heavy atom. The predicted octanol–water partition coefficient (Wildman–Crippen LogP) is 4.04. The van der Waals surface area contributed by atoms with Gasteiger partial charge in [-0.1, -0.05) is 29.8 Å². The Bertz CT molecular complexity index is 926. The molecule has 1 atom stereocenters. The summed E-state index contributed by atoms with van der Waals surface area (Å²) in [5.41, 5.74) is 7.07. The minimum Gasteiger partial charge on any atom is -0.348 e. The van der Waals surface area contributed by atoms with Gasteiger partial charge < -0.3 is 4.98 Å². The van der Waals surface area contributed by atoms with Crippen LogP contribution < -0.4 is 0 Å². The Balaban J connectivity index is 1.76. The first-order chi connectivity index (χ1) is 12.6. The third-order valence-electron chi connectivity index (χ3n) is 5.42. The first-order valence-corrected chi connectivity index (χ1v) is 9.51. The van der Waals surface area contributed by atoms with Crippen molar-refractivity contribution in [3.8, 4) is 0 Å². The van der Waals surface area contributed by atoms with E-state index < -0.39 is 0 Å². The van der Waals surface area contributed by atoms with Crippen molar-refractivity contribution in [3.63, 3.8) is 0 Å². The molecule has 0 bridgehead atoms. The minimum atomic E-state index is 0.0578. The Morgan fingerprint density at radius 2 is 2.08 bits per heavy atom. The fourth-order valence-corrected chi connectivity index (χ4v) is 4.25. The quantitative estimate of drug-likeness (QED) is 0.754. The molecule has 4 rings (SSSR count). The molecular formula is C20H24ClN5. The number of nitrogens with one attached hydrogen (secondary N) is 1. The highest BCUT2D eigenvalue weighted by Crippen LogP contribution is 2.37. The number of aryl methyl sites for hydroxylation is 2. The van der Waals surface area contributed by atoms with Crippen LogP contribution in [-0.4, -0.2) is 31.2 Å². The van der Waals surface area contributed by atoms with E-state index in [0.717, 1.165) is 48.0 Å². The first-order valence-electron chi connectivity index (χ1n) is 9.13. The van der Waals surface area contributed by atoms with E-state index in [-0.39, 0.29) is 6.04 Å². The number of rotatable bonds is 4. The third kappa shape index (κ3) is 2.85. The molecule has 1 N–H and O–H groups in total. The van der Waals surface area contributed by atoms with Crippen LogP contribution in [0.1, 0.15) is 46.9 Å². The van der Waals surface area contributed by atoms with Crippen LogP contribution in [-0.2, 0) is 19.5 Å². The number of hydrogen-bond acceptors (Lipinski definition) is 3. The topological polar surface area (TPSA) is 49.7 Å². The van der Waals surface area contributed by atoms with E-state index in [4.69, 9.17) is 11.6 Å². The highest BCUT2D eigenvalue weighted by molar-refractivity contribution is 6.31. The summed E-state index contributed by atoms with van der Waals surface area (Å²) in [6, 6.07) is 8.15. The van der Waals surface area contributed by atoms with Gasteiger partial charge in [0, 0.05) is 48.0 Å². The van der Waals surface area contributed by atoms with Gasteiger partial charge >= 0.3 is 0 Å². The molecule has 26 heavy (non-hydrogen) atoms. The zero-order valence-corrected chi connectivity index (χ0v) is 16.2. The number of imidazole rings is 1. The summed E-state index contributed by atoms with van der Waals surface area (Å²) in [4.78, 5) is 10.4. The normalized spacial score (nSPS) is 17.5. The summed E-state index contributed by atoms with van der Waals surface area (Å²) in [7, 11) is 0. The smallest absolute Gasteiger partial charge is 0.0926 e. The second-order valence-electron chi connectivity index (χ2n) is 6.88. The number of hydrogen-bond donors (Lipinski definition) is 1. The van der Waals surface area contributed by atoms with Crippen molar-refractivity contribution >= 4 is 11.6 Å². The molecule has 0 amide bonds. The lowest BCUT2D eigenvalue weighted by molar-refractivity contribution is 0.199. The minimum absolute atomic E-state index is 0.0578. The van der Waals surface area contributed by atoms with Crippen LogP contribution in [0, 0.1) is 13.8 Å². The molecule has 0 saturated carbocycles. The van der Waals surface area contributed by atoms with Gasteiger partial charge in [-0.25, -0.2) is 4.98 Å². The Hall–Kier alpha value is -2.11. The Kier molecular flexibility index (Phi) is 4.59. The highest BCUT2D eigenvalue weighted by Gasteiger charge is 2.33. The average molecular weight is 370 g/mol. The molecule has 2 aromatic heterocycles. The van der Waals surface area contributed by atoms with Gasteiger partial charge in [-0.05, 0) is 32.4 Å². The maximum absolute atomic E-state index is 6.57. The summed E-state index contributed by atoms with van der Waals surface area (Å²) in [6.07, 6.45) is 2.76. The molecule has 136 valence electrons. The molecule has 0 saturated heterocycles. The number of aromatic nitrogens is 4. The second kappa shape index (κ2) is 6.89. The number of H-pyrrole nitrogens is 1. The molecule has 1 aromatic carbocycles. The van der Waals surface area contributed by atoms with E-state index in [0.29, 0.717) is 0 Å². The maximum atomic E-state index is 6.57. The Morgan fingerprint density at radius 1 is 1.27 bits per heavy atom. The first kappa shape index (κ1) is 17.3. The number of halogens is 1. The van der Waals surface area contributed by atoms with Crippen LogP contribution in [0.3, 0.4) is 0 Å². The number of benzene rings is 1. The van der Waals surface area contributed by atoms with Crippen molar-refractivity contribution in [3.05, 3.63) is 69.5 Å². The van der Waals surface area contributed by atoms with Crippen LogP contribution >= 0.6 is 11.6 Å². The van der Waals surface area contributed by atoms with E-state index >= 15 is 0 Å².